The summed E-state index contributed by atoms with van der Waals surface area (Å²) in [6, 6.07) is 19.4. The minimum absolute atomic E-state index is 0.166. The van der Waals surface area contributed by atoms with Crippen LogP contribution in [0.1, 0.15) is 22.3 Å². The van der Waals surface area contributed by atoms with E-state index in [4.69, 9.17) is 10.8 Å². The van der Waals surface area contributed by atoms with Gasteiger partial charge in [-0.05, 0) is 41.7 Å². The van der Waals surface area contributed by atoms with Crippen molar-refractivity contribution < 1.29 is 19.9 Å². The summed E-state index contributed by atoms with van der Waals surface area (Å²) in [5.41, 5.74) is 11.3. The number of aryl methyl sites for hydroxylation is 1. The maximum absolute atomic E-state index is 11.9. The Balaban J connectivity index is 1.48. The third-order valence-electron chi connectivity index (χ3n) is 5.60. The number of carbonyl (C=O) groups is 2. The standard InChI is InChI=1S/C26H24N4O4/c27-26(33)21-14-24(29-23-11-12-28-15-22(21)23)20-9-7-19(8-10-20)18-5-3-17(4-6-18)2-1-13-30(34)25(32)16-31/h3-12,14-15,31,34H,1-2,13,16H2,(H2,27,33). The topological polar surface area (TPSA) is 130 Å². The number of amides is 2. The van der Waals surface area contributed by atoms with Crippen LogP contribution in [0.4, 0.5) is 0 Å². The summed E-state index contributed by atoms with van der Waals surface area (Å²) < 4.78 is 0. The number of rotatable bonds is 8. The van der Waals surface area contributed by atoms with Crippen LogP contribution >= 0.6 is 0 Å². The molecule has 2 heterocycles. The van der Waals surface area contributed by atoms with Crippen LogP contribution in [0.15, 0.2) is 73.1 Å². The second-order valence-corrected chi connectivity index (χ2v) is 7.86. The van der Waals surface area contributed by atoms with Crippen LogP contribution in [0.2, 0.25) is 0 Å². The van der Waals surface area contributed by atoms with Gasteiger partial charge in [-0.2, -0.15) is 0 Å². The number of aromatic nitrogens is 2. The number of fused-ring (bicyclic) bond motifs is 1. The minimum Gasteiger partial charge on any atom is -0.386 e. The molecule has 2 aromatic heterocycles. The van der Waals surface area contributed by atoms with E-state index in [-0.39, 0.29) is 6.54 Å². The van der Waals surface area contributed by atoms with Gasteiger partial charge >= 0.3 is 0 Å². The third-order valence-corrected chi connectivity index (χ3v) is 5.60. The predicted molar refractivity (Wildman–Crippen MR) is 128 cm³/mol. The molecule has 0 aliphatic carbocycles. The molecule has 0 atom stereocenters. The number of benzene rings is 2. The van der Waals surface area contributed by atoms with E-state index >= 15 is 0 Å². The lowest BCUT2D eigenvalue weighted by Gasteiger charge is -2.13. The molecule has 8 heteroatoms. The molecule has 0 saturated heterocycles. The van der Waals surface area contributed by atoms with E-state index < -0.39 is 18.4 Å². The van der Waals surface area contributed by atoms with Crippen molar-refractivity contribution in [3.05, 3.63) is 84.2 Å². The number of hydrogen-bond acceptors (Lipinski definition) is 6. The average Bonchev–Trinajstić information content (AvgIpc) is 2.88. The van der Waals surface area contributed by atoms with Gasteiger partial charge in [0, 0.05) is 29.9 Å². The van der Waals surface area contributed by atoms with Crippen molar-refractivity contribution in [2.24, 2.45) is 5.73 Å². The number of primary amides is 1. The van der Waals surface area contributed by atoms with Crippen molar-refractivity contribution in [2.75, 3.05) is 13.2 Å². The summed E-state index contributed by atoms with van der Waals surface area (Å²) in [5, 5.41) is 19.4. The van der Waals surface area contributed by atoms with Crippen molar-refractivity contribution in [1.82, 2.24) is 15.0 Å². The third kappa shape index (κ3) is 5.09. The molecule has 2 amide bonds. The molecule has 0 radical (unpaired) electrons. The quantitative estimate of drug-likeness (QED) is 0.276. The lowest BCUT2D eigenvalue weighted by molar-refractivity contribution is -0.168. The second kappa shape index (κ2) is 10.2. The highest BCUT2D eigenvalue weighted by Crippen LogP contribution is 2.27. The first-order valence-electron chi connectivity index (χ1n) is 10.8. The van der Waals surface area contributed by atoms with Crippen LogP contribution in [0.3, 0.4) is 0 Å². The van der Waals surface area contributed by atoms with Gasteiger partial charge in [0.25, 0.3) is 5.91 Å². The molecule has 0 fully saturated rings. The molecule has 0 bridgehead atoms. The molecule has 4 N–H and O–H groups in total. The smallest absolute Gasteiger partial charge is 0.271 e. The number of nitrogens with zero attached hydrogens (tertiary/aromatic N) is 3. The fraction of sp³-hybridized carbons (Fsp3) is 0.154. The summed E-state index contributed by atoms with van der Waals surface area (Å²) >= 11 is 0. The van der Waals surface area contributed by atoms with Gasteiger partial charge < -0.3 is 10.8 Å². The van der Waals surface area contributed by atoms with Gasteiger partial charge in [-0.25, -0.2) is 10.0 Å². The maximum atomic E-state index is 11.9. The maximum Gasteiger partial charge on any atom is 0.271 e. The second-order valence-electron chi connectivity index (χ2n) is 7.86. The van der Waals surface area contributed by atoms with Crippen molar-refractivity contribution in [1.29, 1.82) is 0 Å². The van der Waals surface area contributed by atoms with Crippen molar-refractivity contribution in [2.45, 2.75) is 12.8 Å². The normalized spacial score (nSPS) is 10.9. The van der Waals surface area contributed by atoms with Crippen molar-refractivity contribution in [3.8, 4) is 22.4 Å². The Morgan fingerprint density at radius 3 is 2.24 bits per heavy atom. The first kappa shape index (κ1) is 23.0. The lowest BCUT2D eigenvalue weighted by Crippen LogP contribution is -2.30. The number of carbonyl (C=O) groups excluding carboxylic acids is 2. The van der Waals surface area contributed by atoms with Gasteiger partial charge in [-0.15, -0.1) is 0 Å². The molecule has 0 unspecified atom stereocenters. The number of pyridine rings is 2. The lowest BCUT2D eigenvalue weighted by atomic mass is 9.99. The molecule has 172 valence electrons. The molecule has 0 saturated carbocycles. The van der Waals surface area contributed by atoms with E-state index in [1.165, 1.54) is 0 Å². The highest BCUT2D eigenvalue weighted by Gasteiger charge is 2.12. The number of aliphatic hydroxyl groups excluding tert-OH is 1. The van der Waals surface area contributed by atoms with E-state index in [0.29, 0.717) is 40.1 Å². The summed E-state index contributed by atoms with van der Waals surface area (Å²) in [7, 11) is 0. The first-order valence-corrected chi connectivity index (χ1v) is 10.8. The fourth-order valence-corrected chi connectivity index (χ4v) is 3.76. The van der Waals surface area contributed by atoms with E-state index in [2.05, 4.69) is 9.97 Å². The molecule has 0 aliphatic rings. The Morgan fingerprint density at radius 2 is 1.59 bits per heavy atom. The Labute approximate surface area is 196 Å². The van der Waals surface area contributed by atoms with E-state index in [9.17, 15) is 14.8 Å². The van der Waals surface area contributed by atoms with E-state index in [0.717, 1.165) is 22.3 Å². The molecule has 0 spiro atoms. The largest absolute Gasteiger partial charge is 0.386 e. The molecule has 0 aliphatic heterocycles. The monoisotopic (exact) mass is 456 g/mol. The molecular weight excluding hydrogens is 432 g/mol. The number of hydroxylamine groups is 2. The highest BCUT2D eigenvalue weighted by atomic mass is 16.5. The van der Waals surface area contributed by atoms with Crippen molar-refractivity contribution in [3.63, 3.8) is 0 Å². The van der Waals surface area contributed by atoms with Gasteiger partial charge in [0.05, 0.1) is 16.8 Å². The molecule has 8 nitrogen and oxygen atoms in total. The molecule has 2 aromatic carbocycles. The van der Waals surface area contributed by atoms with Crippen LogP contribution in [-0.2, 0) is 11.2 Å². The number of nitrogens with two attached hydrogens (primary N) is 1. The number of hydrogen-bond donors (Lipinski definition) is 3. The fourth-order valence-electron chi connectivity index (χ4n) is 3.76. The highest BCUT2D eigenvalue weighted by molar-refractivity contribution is 6.06. The summed E-state index contributed by atoms with van der Waals surface area (Å²) in [5.74, 6) is -1.23. The molecular formula is C26H24N4O4. The Hall–Kier alpha value is -4.14. The van der Waals surface area contributed by atoms with Crippen LogP contribution in [0.5, 0.6) is 0 Å². The first-order chi connectivity index (χ1) is 16.5. The van der Waals surface area contributed by atoms with Gasteiger partial charge in [0.15, 0.2) is 0 Å². The van der Waals surface area contributed by atoms with Gasteiger partial charge in [0.1, 0.15) is 6.61 Å². The van der Waals surface area contributed by atoms with Gasteiger partial charge in [-0.3, -0.25) is 19.8 Å². The van der Waals surface area contributed by atoms with Gasteiger partial charge in [-0.1, -0.05) is 48.5 Å². The van der Waals surface area contributed by atoms with Crippen LogP contribution in [-0.4, -0.2) is 50.3 Å². The predicted octanol–water partition coefficient (Wildman–Crippen LogP) is 3.21. The SMILES string of the molecule is NC(=O)c1cc(-c2ccc(-c3ccc(CCCN(O)C(=O)CO)cc3)cc2)nc2ccncc12. The number of aliphatic hydroxyl groups is 1. The zero-order valence-electron chi connectivity index (χ0n) is 18.4. The minimum atomic E-state index is -0.708. The Morgan fingerprint density at radius 1 is 0.941 bits per heavy atom. The van der Waals surface area contributed by atoms with Gasteiger partial charge in [0.2, 0.25) is 5.91 Å². The molecule has 4 aromatic rings. The zero-order valence-corrected chi connectivity index (χ0v) is 18.4. The van der Waals surface area contributed by atoms with Crippen LogP contribution in [0.25, 0.3) is 33.3 Å². The van der Waals surface area contributed by atoms with Crippen molar-refractivity contribution >= 4 is 22.7 Å². The summed E-state index contributed by atoms with van der Waals surface area (Å²) in [6.45, 7) is -0.538. The van der Waals surface area contributed by atoms with E-state index in [1.807, 2.05) is 48.5 Å². The molecule has 34 heavy (non-hydrogen) atoms. The zero-order chi connectivity index (χ0) is 24.1. The summed E-state index contributed by atoms with van der Waals surface area (Å²) in [6.07, 6.45) is 4.50. The Kier molecular flexibility index (Phi) is 6.91. The molecule has 4 rings (SSSR count). The average molecular weight is 457 g/mol. The Bertz CT molecular complexity index is 1320. The van der Waals surface area contributed by atoms with E-state index in [1.54, 1.807) is 24.5 Å². The van der Waals surface area contributed by atoms with Crippen LogP contribution < -0.4 is 5.73 Å². The summed E-state index contributed by atoms with van der Waals surface area (Å²) in [4.78, 5) is 31.8. The van der Waals surface area contributed by atoms with Crippen LogP contribution in [0, 0.1) is 0 Å².